The summed E-state index contributed by atoms with van der Waals surface area (Å²) < 4.78 is 10.3. The zero-order chi connectivity index (χ0) is 35.9. The van der Waals surface area contributed by atoms with Crippen molar-refractivity contribution in [1.29, 1.82) is 0 Å². The lowest BCUT2D eigenvalue weighted by Crippen LogP contribution is -2.48. The third-order valence-electron chi connectivity index (χ3n) is 6.57. The number of nitrogens with zero attached hydrogens (tertiary/aromatic N) is 1. The van der Waals surface area contributed by atoms with E-state index in [-0.39, 0.29) is 23.1 Å². The molecule has 0 aromatic heterocycles. The Morgan fingerprint density at radius 1 is 0.674 bits per heavy atom. The molecule has 2 rings (SSSR count). The number of ether oxygens (including phenoxy) is 2. The van der Waals surface area contributed by atoms with Crippen molar-refractivity contribution in [3.63, 3.8) is 0 Å². The van der Waals surface area contributed by atoms with Crippen LogP contribution in [0, 0.1) is 11.3 Å². The largest absolute Gasteiger partial charge is 0.444 e. The zero-order valence-corrected chi connectivity index (χ0v) is 29.2. The number of aliphatic imine (C=N–C) groups is 1. The fraction of sp³-hybridized carbons (Fsp3) is 0.472. The predicted molar refractivity (Wildman–Crippen MR) is 179 cm³/mol. The molecule has 2 aromatic carbocycles. The van der Waals surface area contributed by atoms with Gasteiger partial charge in [-0.25, -0.2) is 9.59 Å². The minimum absolute atomic E-state index is 0.0579. The SMILES string of the molecule is CC(=O)C(C)(C(C)=O)C(NC(=O)OC(C)(C)C)c1ccccc1.CC(=O)C(C)C(C)=O.CC(C)(C)OC(=O)N=Cc1ccccc1. The van der Waals surface area contributed by atoms with Crippen molar-refractivity contribution in [3.8, 4) is 0 Å². The van der Waals surface area contributed by atoms with Gasteiger partial charge in [-0.3, -0.25) is 19.2 Å². The smallest absolute Gasteiger partial charge is 0.434 e. The van der Waals surface area contributed by atoms with Gasteiger partial charge in [-0.15, -0.1) is 0 Å². The van der Waals surface area contributed by atoms with Gasteiger partial charge in [-0.1, -0.05) is 60.7 Å². The Bertz CT molecular complexity index is 1330. The van der Waals surface area contributed by atoms with Crippen LogP contribution in [-0.2, 0) is 28.7 Å². The molecule has 0 heterocycles. The number of hydrogen-bond acceptors (Lipinski definition) is 8. The molecule has 1 N–H and O–H groups in total. The number of hydrogen-bond donors (Lipinski definition) is 1. The molecule has 2 aromatic rings. The van der Waals surface area contributed by atoms with Crippen molar-refractivity contribution in [1.82, 2.24) is 5.32 Å². The van der Waals surface area contributed by atoms with Crippen LogP contribution in [0.25, 0.3) is 0 Å². The minimum atomic E-state index is -1.36. The van der Waals surface area contributed by atoms with E-state index in [2.05, 4.69) is 10.3 Å². The Morgan fingerprint density at radius 2 is 1.09 bits per heavy atom. The Balaban J connectivity index is 0.000000751. The molecule has 0 radical (unpaired) electrons. The molecule has 2 amide bonds. The first-order valence-corrected chi connectivity index (χ1v) is 14.9. The summed E-state index contributed by atoms with van der Waals surface area (Å²) in [6.07, 6.45) is 0.264. The summed E-state index contributed by atoms with van der Waals surface area (Å²) in [7, 11) is 0. The van der Waals surface area contributed by atoms with Crippen LogP contribution in [0.2, 0.25) is 0 Å². The van der Waals surface area contributed by atoms with E-state index < -0.39 is 40.8 Å². The highest BCUT2D eigenvalue weighted by atomic mass is 16.6. The fourth-order valence-corrected chi connectivity index (χ4v) is 3.53. The molecule has 10 nitrogen and oxygen atoms in total. The molecule has 0 fully saturated rings. The number of nitrogens with one attached hydrogen (secondary N) is 1. The van der Waals surface area contributed by atoms with Gasteiger partial charge in [0.2, 0.25) is 0 Å². The van der Waals surface area contributed by atoms with Gasteiger partial charge >= 0.3 is 12.2 Å². The van der Waals surface area contributed by atoms with Crippen LogP contribution in [-0.4, -0.2) is 52.7 Å². The Morgan fingerprint density at radius 3 is 1.43 bits per heavy atom. The second-order valence-corrected chi connectivity index (χ2v) is 12.9. The highest BCUT2D eigenvalue weighted by molar-refractivity contribution is 6.06. The topological polar surface area (TPSA) is 145 Å². The van der Waals surface area contributed by atoms with Crippen LogP contribution in [0.15, 0.2) is 65.7 Å². The van der Waals surface area contributed by atoms with Crippen LogP contribution in [0.1, 0.15) is 100 Å². The maximum absolute atomic E-state index is 12.2. The van der Waals surface area contributed by atoms with Crippen molar-refractivity contribution < 1.29 is 38.2 Å². The summed E-state index contributed by atoms with van der Waals surface area (Å²) in [4.78, 5) is 72.2. The third kappa shape index (κ3) is 16.0. The number of ketones is 4. The van der Waals surface area contributed by atoms with Gasteiger partial charge < -0.3 is 14.8 Å². The van der Waals surface area contributed by atoms with E-state index in [4.69, 9.17) is 9.47 Å². The van der Waals surface area contributed by atoms with E-state index in [1.54, 1.807) is 58.9 Å². The normalized spacial score (nSPS) is 12.0. The van der Waals surface area contributed by atoms with Gasteiger partial charge in [-0.2, -0.15) is 4.99 Å². The number of benzene rings is 2. The van der Waals surface area contributed by atoms with Crippen molar-refractivity contribution in [2.24, 2.45) is 16.3 Å². The first-order valence-electron chi connectivity index (χ1n) is 14.9. The number of amides is 2. The van der Waals surface area contributed by atoms with Crippen molar-refractivity contribution in [3.05, 3.63) is 71.8 Å². The summed E-state index contributed by atoms with van der Waals surface area (Å²) in [5.41, 5.74) is -0.980. The van der Waals surface area contributed by atoms with Crippen molar-refractivity contribution in [2.75, 3.05) is 0 Å². The summed E-state index contributed by atoms with van der Waals surface area (Å²) >= 11 is 0. The Hall–Kier alpha value is -4.47. The molecule has 252 valence electrons. The van der Waals surface area contributed by atoms with Gasteiger partial charge in [0.15, 0.2) is 0 Å². The molecule has 0 aliphatic carbocycles. The van der Waals surface area contributed by atoms with Crippen LogP contribution >= 0.6 is 0 Å². The average molecular weight is 639 g/mol. The molecule has 0 saturated heterocycles. The summed E-state index contributed by atoms with van der Waals surface area (Å²) in [6.45, 7) is 19.4. The Kier molecular flexibility index (Phi) is 16.7. The molecule has 10 heteroatoms. The fourth-order valence-electron chi connectivity index (χ4n) is 3.53. The molecule has 1 atom stereocenters. The van der Waals surface area contributed by atoms with Crippen LogP contribution < -0.4 is 5.32 Å². The van der Waals surface area contributed by atoms with Crippen molar-refractivity contribution >= 4 is 41.5 Å². The number of rotatable bonds is 8. The molecule has 1 unspecified atom stereocenters. The Labute approximate surface area is 273 Å². The summed E-state index contributed by atoms with van der Waals surface area (Å²) in [5, 5.41) is 2.69. The molecule has 0 spiro atoms. The lowest BCUT2D eigenvalue weighted by atomic mass is 9.73. The average Bonchev–Trinajstić information content (AvgIpc) is 2.93. The van der Waals surface area contributed by atoms with E-state index in [1.807, 2.05) is 57.2 Å². The van der Waals surface area contributed by atoms with Crippen LogP contribution in [0.3, 0.4) is 0 Å². The molecule has 46 heavy (non-hydrogen) atoms. The highest BCUT2D eigenvalue weighted by Gasteiger charge is 2.45. The summed E-state index contributed by atoms with van der Waals surface area (Å²) in [6, 6.07) is 17.6. The second kappa shape index (κ2) is 18.5. The summed E-state index contributed by atoms with van der Waals surface area (Å²) in [5.74, 6) is -1.14. The van der Waals surface area contributed by atoms with E-state index in [1.165, 1.54) is 33.9 Å². The van der Waals surface area contributed by atoms with Crippen molar-refractivity contribution in [2.45, 2.75) is 100 Å². The van der Waals surface area contributed by atoms with E-state index >= 15 is 0 Å². The molecular weight excluding hydrogens is 588 g/mol. The minimum Gasteiger partial charge on any atom is -0.444 e. The van der Waals surface area contributed by atoms with Crippen LogP contribution in [0.5, 0.6) is 0 Å². The van der Waals surface area contributed by atoms with Gasteiger partial charge in [0.25, 0.3) is 0 Å². The number of Topliss-reactive ketones (excluding diaryl/α,β-unsaturated/α-hetero) is 4. The lowest BCUT2D eigenvalue weighted by molar-refractivity contribution is -0.139. The monoisotopic (exact) mass is 638 g/mol. The quantitative estimate of drug-likeness (QED) is 0.235. The number of carbonyl (C=O) groups excluding carboxylic acids is 6. The van der Waals surface area contributed by atoms with E-state index in [9.17, 15) is 28.8 Å². The molecular formula is C36H50N2O8. The molecule has 0 aliphatic heterocycles. The third-order valence-corrected chi connectivity index (χ3v) is 6.57. The predicted octanol–water partition coefficient (Wildman–Crippen LogP) is 7.28. The second-order valence-electron chi connectivity index (χ2n) is 12.9. The van der Waals surface area contributed by atoms with Gasteiger partial charge in [0, 0.05) is 6.21 Å². The first kappa shape index (κ1) is 41.5. The van der Waals surface area contributed by atoms with E-state index in [0.717, 1.165) is 5.56 Å². The number of alkyl carbamates (subject to hydrolysis) is 1. The lowest BCUT2D eigenvalue weighted by Gasteiger charge is -2.34. The maximum Gasteiger partial charge on any atom is 0.434 e. The maximum atomic E-state index is 12.2. The van der Waals surface area contributed by atoms with Gasteiger partial charge in [0.1, 0.15) is 39.8 Å². The van der Waals surface area contributed by atoms with Gasteiger partial charge in [0.05, 0.1) is 12.0 Å². The number of carbonyl (C=O) groups is 6. The molecule has 0 bridgehead atoms. The first-order chi connectivity index (χ1) is 21.0. The zero-order valence-electron chi connectivity index (χ0n) is 29.2. The molecule has 0 aliphatic rings. The van der Waals surface area contributed by atoms with Gasteiger partial charge in [-0.05, 0) is 94.2 Å². The van der Waals surface area contributed by atoms with E-state index in [0.29, 0.717) is 5.56 Å². The highest BCUT2D eigenvalue weighted by Crippen LogP contribution is 2.36. The standard InChI is InChI=1S/C18H25NO4.C12H15NO2.C6H10O2/c1-12(20)18(6,13(2)21)15(14-10-8-7-9-11-14)19-16(22)23-17(3,4)5;1-12(2,3)15-11(14)13-9-10-7-5-4-6-8-10;1-4(5(2)7)6(3)8/h7-11,15H,1-6H3,(H,19,22);4-9H,1-3H3;4H,1-3H3. The van der Waals surface area contributed by atoms with Crippen LogP contribution in [0.4, 0.5) is 9.59 Å². The molecule has 0 saturated carbocycles.